The van der Waals surface area contributed by atoms with E-state index in [1.807, 2.05) is 6.07 Å². The molecular formula is C17H12Cl2F3N3O2. The zero-order valence-electron chi connectivity index (χ0n) is 13.5. The van der Waals surface area contributed by atoms with Crippen LogP contribution in [0, 0.1) is 11.3 Å². The predicted molar refractivity (Wildman–Crippen MR) is 96.3 cm³/mol. The fourth-order valence-corrected chi connectivity index (χ4v) is 2.36. The summed E-state index contributed by atoms with van der Waals surface area (Å²) in [5.74, 6) is -0.652. The number of carbonyl (C=O) groups excluding carboxylic acids is 1. The maximum Gasteiger partial charge on any atom is 0.422 e. The highest BCUT2D eigenvalue weighted by atomic mass is 35.5. The number of hydrogen-bond acceptors (Lipinski definition) is 4. The van der Waals surface area contributed by atoms with Crippen molar-refractivity contribution < 1.29 is 22.7 Å². The van der Waals surface area contributed by atoms with E-state index in [0.29, 0.717) is 5.02 Å². The molecule has 2 aromatic carbocycles. The van der Waals surface area contributed by atoms with Gasteiger partial charge in [0.2, 0.25) is 5.91 Å². The number of nitrogens with zero attached hydrogens (tertiary/aromatic N) is 1. The second kappa shape index (κ2) is 8.84. The molecule has 0 aliphatic rings. The van der Waals surface area contributed by atoms with Gasteiger partial charge in [0.05, 0.1) is 23.5 Å². The number of rotatable bonds is 6. The van der Waals surface area contributed by atoms with Crippen molar-refractivity contribution in [2.45, 2.75) is 6.18 Å². The quantitative estimate of drug-likeness (QED) is 0.703. The molecule has 0 saturated carbocycles. The number of halogens is 5. The summed E-state index contributed by atoms with van der Waals surface area (Å²) in [6.07, 6.45) is -4.51. The zero-order chi connectivity index (χ0) is 20.0. The highest BCUT2D eigenvalue weighted by Crippen LogP contribution is 2.29. The molecule has 2 N–H and O–H groups in total. The second-order valence-corrected chi connectivity index (χ2v) is 6.12. The average Bonchev–Trinajstić information content (AvgIpc) is 2.58. The Hall–Kier alpha value is -2.63. The number of benzene rings is 2. The number of nitrogens with one attached hydrogen (secondary N) is 2. The van der Waals surface area contributed by atoms with E-state index in [0.717, 1.165) is 0 Å². The van der Waals surface area contributed by atoms with Gasteiger partial charge in [0.1, 0.15) is 11.8 Å². The third kappa shape index (κ3) is 6.55. The second-order valence-electron chi connectivity index (χ2n) is 5.25. The first kappa shape index (κ1) is 20.7. The molecule has 2 rings (SSSR count). The van der Waals surface area contributed by atoms with Gasteiger partial charge in [-0.15, -0.1) is 0 Å². The van der Waals surface area contributed by atoms with Gasteiger partial charge in [-0.1, -0.05) is 23.2 Å². The molecule has 0 saturated heterocycles. The van der Waals surface area contributed by atoms with Gasteiger partial charge in [0.15, 0.2) is 6.61 Å². The Morgan fingerprint density at radius 3 is 2.37 bits per heavy atom. The molecule has 10 heteroatoms. The number of amides is 1. The Bertz CT molecular complexity index is 883. The van der Waals surface area contributed by atoms with Gasteiger partial charge in [-0.25, -0.2) is 0 Å². The normalized spacial score (nSPS) is 10.8. The predicted octanol–water partition coefficient (Wildman–Crippen LogP) is 4.86. The number of carbonyl (C=O) groups is 1. The van der Waals surface area contributed by atoms with E-state index in [1.54, 1.807) is 0 Å². The molecule has 142 valence electrons. The molecule has 5 nitrogen and oxygen atoms in total. The number of alkyl halides is 3. The summed E-state index contributed by atoms with van der Waals surface area (Å²) in [4.78, 5) is 12.1. The van der Waals surface area contributed by atoms with Crippen LogP contribution >= 0.6 is 23.2 Å². The lowest BCUT2D eigenvalue weighted by Gasteiger charge is -2.15. The molecule has 0 bridgehead atoms. The Balaban J connectivity index is 2.06. The maximum atomic E-state index is 12.3. The lowest BCUT2D eigenvalue weighted by molar-refractivity contribution is -0.153. The van der Waals surface area contributed by atoms with Gasteiger partial charge in [-0.2, -0.15) is 18.4 Å². The molecule has 0 atom stereocenters. The van der Waals surface area contributed by atoms with Gasteiger partial charge >= 0.3 is 6.18 Å². The molecule has 27 heavy (non-hydrogen) atoms. The van der Waals surface area contributed by atoms with Crippen LogP contribution in [0.5, 0.6) is 5.75 Å². The van der Waals surface area contributed by atoms with Crippen LogP contribution in [-0.4, -0.2) is 25.2 Å². The van der Waals surface area contributed by atoms with E-state index in [-0.39, 0.29) is 34.3 Å². The number of hydrogen-bond donors (Lipinski definition) is 2. The number of nitriles is 1. The number of anilines is 2. The highest BCUT2D eigenvalue weighted by Gasteiger charge is 2.28. The van der Waals surface area contributed by atoms with E-state index in [9.17, 15) is 18.0 Å². The molecule has 0 aliphatic heterocycles. The van der Waals surface area contributed by atoms with Gasteiger partial charge in [0.25, 0.3) is 0 Å². The molecule has 0 aliphatic carbocycles. The Labute approximate surface area is 162 Å². The van der Waals surface area contributed by atoms with Crippen molar-refractivity contribution in [3.8, 4) is 11.8 Å². The standard InChI is InChI=1S/C17H12Cl2F3N3O2/c18-11-2-1-10(7-23)13(5-11)25-16(26)8-24-14-6-12(19)3-4-15(14)27-9-17(20,21)22/h1-6,24H,8-9H2,(H,25,26). The highest BCUT2D eigenvalue weighted by molar-refractivity contribution is 6.31. The SMILES string of the molecule is N#Cc1ccc(Cl)cc1NC(=O)CNc1cc(Cl)ccc1OCC(F)(F)F. The molecule has 0 radical (unpaired) electrons. The third-order valence-corrected chi connectivity index (χ3v) is 3.62. The van der Waals surface area contributed by atoms with E-state index in [2.05, 4.69) is 10.6 Å². The van der Waals surface area contributed by atoms with Crippen LogP contribution in [-0.2, 0) is 4.79 Å². The summed E-state index contributed by atoms with van der Waals surface area (Å²) < 4.78 is 41.7. The van der Waals surface area contributed by atoms with Crippen molar-refractivity contribution in [1.29, 1.82) is 5.26 Å². The average molecular weight is 418 g/mol. The first-order chi connectivity index (χ1) is 12.7. The van der Waals surface area contributed by atoms with Crippen molar-refractivity contribution in [1.82, 2.24) is 0 Å². The molecule has 0 spiro atoms. The smallest absolute Gasteiger partial charge is 0.422 e. The largest absolute Gasteiger partial charge is 0.482 e. The maximum absolute atomic E-state index is 12.3. The fourth-order valence-electron chi connectivity index (χ4n) is 2.01. The zero-order valence-corrected chi connectivity index (χ0v) is 15.0. The van der Waals surface area contributed by atoms with Crippen LogP contribution in [0.2, 0.25) is 10.0 Å². The summed E-state index contributed by atoms with van der Waals surface area (Å²) in [5.41, 5.74) is 0.551. The van der Waals surface area contributed by atoms with Crippen LogP contribution in [0.1, 0.15) is 5.56 Å². The van der Waals surface area contributed by atoms with Crippen LogP contribution in [0.4, 0.5) is 24.5 Å². The van der Waals surface area contributed by atoms with E-state index < -0.39 is 18.7 Å². The fraction of sp³-hybridized carbons (Fsp3) is 0.176. The monoisotopic (exact) mass is 417 g/mol. The summed E-state index contributed by atoms with van der Waals surface area (Å²) in [6, 6.07) is 10.2. The lowest BCUT2D eigenvalue weighted by atomic mass is 10.2. The topological polar surface area (TPSA) is 74.2 Å². The Morgan fingerprint density at radius 1 is 1.11 bits per heavy atom. The minimum absolute atomic E-state index is 0.106. The minimum Gasteiger partial charge on any atom is -0.482 e. The van der Waals surface area contributed by atoms with Crippen molar-refractivity contribution in [2.24, 2.45) is 0 Å². The van der Waals surface area contributed by atoms with Gasteiger partial charge < -0.3 is 15.4 Å². The molecule has 0 heterocycles. The summed E-state index contributed by atoms with van der Waals surface area (Å²) >= 11 is 11.7. The van der Waals surface area contributed by atoms with Crippen molar-refractivity contribution in [2.75, 3.05) is 23.8 Å². The molecule has 1 amide bonds. The van der Waals surface area contributed by atoms with E-state index >= 15 is 0 Å². The third-order valence-electron chi connectivity index (χ3n) is 3.15. The van der Waals surface area contributed by atoms with Crippen molar-refractivity contribution in [3.05, 3.63) is 52.0 Å². The molecular weight excluding hydrogens is 406 g/mol. The Kier molecular flexibility index (Phi) is 6.77. The van der Waals surface area contributed by atoms with E-state index in [1.165, 1.54) is 36.4 Å². The molecule has 2 aromatic rings. The van der Waals surface area contributed by atoms with Crippen molar-refractivity contribution in [3.63, 3.8) is 0 Å². The lowest BCUT2D eigenvalue weighted by Crippen LogP contribution is -2.23. The molecule has 0 fully saturated rings. The first-order valence-electron chi connectivity index (χ1n) is 7.40. The molecule has 0 aromatic heterocycles. The summed E-state index contributed by atoms with van der Waals surface area (Å²) in [6.45, 7) is -1.79. The summed E-state index contributed by atoms with van der Waals surface area (Å²) in [7, 11) is 0. The van der Waals surface area contributed by atoms with E-state index in [4.69, 9.17) is 33.2 Å². The number of ether oxygens (including phenoxy) is 1. The van der Waals surface area contributed by atoms with Gasteiger partial charge in [0, 0.05) is 10.0 Å². The van der Waals surface area contributed by atoms with Gasteiger partial charge in [-0.05, 0) is 36.4 Å². The van der Waals surface area contributed by atoms with Crippen LogP contribution in [0.3, 0.4) is 0 Å². The molecule has 0 unspecified atom stereocenters. The van der Waals surface area contributed by atoms with Crippen LogP contribution in [0.15, 0.2) is 36.4 Å². The summed E-state index contributed by atoms with van der Waals surface area (Å²) in [5, 5.41) is 14.8. The minimum atomic E-state index is -4.51. The van der Waals surface area contributed by atoms with Crippen LogP contribution in [0.25, 0.3) is 0 Å². The van der Waals surface area contributed by atoms with Crippen LogP contribution < -0.4 is 15.4 Å². The van der Waals surface area contributed by atoms with Gasteiger partial charge in [-0.3, -0.25) is 4.79 Å². The Morgan fingerprint density at radius 2 is 1.74 bits per heavy atom. The van der Waals surface area contributed by atoms with Crippen molar-refractivity contribution >= 4 is 40.5 Å². The first-order valence-corrected chi connectivity index (χ1v) is 8.16.